The lowest BCUT2D eigenvalue weighted by Gasteiger charge is -2.13. The summed E-state index contributed by atoms with van der Waals surface area (Å²) in [5.41, 5.74) is 3.16. The maximum absolute atomic E-state index is 5.94. The van der Waals surface area contributed by atoms with Crippen LogP contribution in [0.5, 0.6) is 5.75 Å². The van der Waals surface area contributed by atoms with Gasteiger partial charge in [-0.3, -0.25) is 0 Å². The van der Waals surface area contributed by atoms with E-state index in [4.69, 9.17) is 4.74 Å². The zero-order valence-corrected chi connectivity index (χ0v) is 13.5. The summed E-state index contributed by atoms with van der Waals surface area (Å²) in [4.78, 5) is 2.11. The summed E-state index contributed by atoms with van der Waals surface area (Å²) in [6.45, 7) is 1.55. The van der Waals surface area contributed by atoms with E-state index in [2.05, 4.69) is 16.1 Å². The average molecular weight is 307 g/mol. The Hall–Kier alpha value is -2.59. The van der Waals surface area contributed by atoms with Crippen LogP contribution in [0.2, 0.25) is 0 Å². The highest BCUT2D eigenvalue weighted by Crippen LogP contribution is 2.29. The van der Waals surface area contributed by atoms with Gasteiger partial charge in [-0.05, 0) is 32.3 Å². The van der Waals surface area contributed by atoms with Crippen LogP contribution in [-0.4, -0.2) is 41.9 Å². The molecule has 1 heterocycles. The summed E-state index contributed by atoms with van der Waals surface area (Å²) in [6.07, 6.45) is 3.91. The highest BCUT2D eigenvalue weighted by atomic mass is 16.5. The number of para-hydroxylation sites is 2. The van der Waals surface area contributed by atoms with Gasteiger partial charge in [0.1, 0.15) is 12.4 Å². The quantitative estimate of drug-likeness (QED) is 0.698. The Morgan fingerprint density at radius 2 is 1.74 bits per heavy atom. The Morgan fingerprint density at radius 3 is 2.52 bits per heavy atom. The molecule has 0 fully saturated rings. The lowest BCUT2D eigenvalue weighted by molar-refractivity contribution is 0.262. The molecule has 3 aromatic rings. The number of likely N-dealkylation sites (N-methyl/N-ethyl adjacent to an activating group) is 1. The number of ether oxygens (including phenoxy) is 1. The molecule has 0 aliphatic carbocycles. The molecule has 3 rings (SSSR count). The Kier molecular flexibility index (Phi) is 4.74. The van der Waals surface area contributed by atoms with Crippen LogP contribution in [0.3, 0.4) is 0 Å². The molecule has 0 amide bonds. The van der Waals surface area contributed by atoms with Gasteiger partial charge in [-0.25, -0.2) is 4.68 Å². The highest BCUT2D eigenvalue weighted by molar-refractivity contribution is 5.69. The molecule has 0 radical (unpaired) electrons. The van der Waals surface area contributed by atoms with E-state index >= 15 is 0 Å². The van der Waals surface area contributed by atoms with Gasteiger partial charge in [-0.2, -0.15) is 5.10 Å². The second-order valence-corrected chi connectivity index (χ2v) is 5.66. The largest absolute Gasteiger partial charge is 0.492 e. The van der Waals surface area contributed by atoms with Crippen molar-refractivity contribution >= 4 is 0 Å². The first-order valence-corrected chi connectivity index (χ1v) is 7.71. The van der Waals surface area contributed by atoms with Crippen molar-refractivity contribution in [3.05, 3.63) is 67.0 Å². The van der Waals surface area contributed by atoms with Crippen molar-refractivity contribution in [1.29, 1.82) is 0 Å². The SMILES string of the molecule is CN(C)CCOc1ccccc1-c1cnn(-c2ccccc2)c1. The predicted octanol–water partition coefficient (Wildman–Crippen LogP) is 3.48. The number of benzene rings is 2. The fraction of sp³-hybridized carbons (Fsp3) is 0.211. The fourth-order valence-corrected chi connectivity index (χ4v) is 2.35. The minimum absolute atomic E-state index is 0.664. The summed E-state index contributed by atoms with van der Waals surface area (Å²) < 4.78 is 7.82. The zero-order valence-electron chi connectivity index (χ0n) is 13.5. The summed E-state index contributed by atoms with van der Waals surface area (Å²) in [7, 11) is 4.08. The molecule has 1 aromatic heterocycles. The maximum atomic E-state index is 5.94. The molecular weight excluding hydrogens is 286 g/mol. The molecule has 4 nitrogen and oxygen atoms in total. The normalized spacial score (nSPS) is 10.9. The molecular formula is C19H21N3O. The molecule has 2 aromatic carbocycles. The fourth-order valence-electron chi connectivity index (χ4n) is 2.35. The third kappa shape index (κ3) is 3.79. The van der Waals surface area contributed by atoms with Gasteiger partial charge in [-0.1, -0.05) is 36.4 Å². The summed E-state index contributed by atoms with van der Waals surface area (Å²) in [5, 5.41) is 4.47. The van der Waals surface area contributed by atoms with Crippen LogP contribution < -0.4 is 4.74 Å². The van der Waals surface area contributed by atoms with Crippen LogP contribution in [0.25, 0.3) is 16.8 Å². The predicted molar refractivity (Wildman–Crippen MR) is 93.0 cm³/mol. The maximum Gasteiger partial charge on any atom is 0.127 e. The van der Waals surface area contributed by atoms with Crippen molar-refractivity contribution in [2.45, 2.75) is 0 Å². The van der Waals surface area contributed by atoms with E-state index in [9.17, 15) is 0 Å². The van der Waals surface area contributed by atoms with E-state index in [1.54, 1.807) is 0 Å². The molecule has 0 aliphatic rings. The molecule has 0 saturated carbocycles. The number of rotatable bonds is 6. The monoisotopic (exact) mass is 307 g/mol. The highest BCUT2D eigenvalue weighted by Gasteiger charge is 2.09. The molecule has 0 saturated heterocycles. The van der Waals surface area contributed by atoms with Crippen LogP contribution in [0, 0.1) is 0 Å². The number of hydrogen-bond acceptors (Lipinski definition) is 3. The zero-order chi connectivity index (χ0) is 16.1. The second kappa shape index (κ2) is 7.11. The number of nitrogens with zero attached hydrogens (tertiary/aromatic N) is 3. The van der Waals surface area contributed by atoms with Crippen molar-refractivity contribution in [2.75, 3.05) is 27.2 Å². The Balaban J connectivity index is 1.83. The molecule has 118 valence electrons. The molecule has 0 bridgehead atoms. The first kappa shape index (κ1) is 15.3. The first-order chi connectivity index (χ1) is 11.2. The third-order valence-corrected chi connectivity index (χ3v) is 3.60. The van der Waals surface area contributed by atoms with E-state index < -0.39 is 0 Å². The van der Waals surface area contributed by atoms with Gasteiger partial charge in [0, 0.05) is 23.9 Å². The summed E-state index contributed by atoms with van der Waals surface area (Å²) >= 11 is 0. The van der Waals surface area contributed by atoms with E-state index in [-0.39, 0.29) is 0 Å². The Bertz CT molecular complexity index is 750. The molecule has 0 atom stereocenters. The van der Waals surface area contributed by atoms with Crippen molar-refractivity contribution < 1.29 is 4.74 Å². The minimum Gasteiger partial charge on any atom is -0.492 e. The van der Waals surface area contributed by atoms with Gasteiger partial charge < -0.3 is 9.64 Å². The lowest BCUT2D eigenvalue weighted by atomic mass is 10.1. The Labute approximate surface area is 136 Å². The van der Waals surface area contributed by atoms with Gasteiger partial charge in [0.15, 0.2) is 0 Å². The summed E-state index contributed by atoms with van der Waals surface area (Å²) in [5.74, 6) is 0.891. The van der Waals surface area contributed by atoms with Crippen LogP contribution >= 0.6 is 0 Å². The van der Waals surface area contributed by atoms with Gasteiger partial charge >= 0.3 is 0 Å². The smallest absolute Gasteiger partial charge is 0.127 e. The van der Waals surface area contributed by atoms with Crippen LogP contribution in [0.15, 0.2) is 67.0 Å². The van der Waals surface area contributed by atoms with E-state index in [1.165, 1.54) is 0 Å². The van der Waals surface area contributed by atoms with Crippen molar-refractivity contribution in [3.63, 3.8) is 0 Å². The standard InChI is InChI=1S/C19H21N3O/c1-21(2)12-13-23-19-11-7-6-10-18(19)16-14-20-22(15-16)17-8-4-3-5-9-17/h3-11,14-15H,12-13H2,1-2H3. The first-order valence-electron chi connectivity index (χ1n) is 7.71. The molecule has 0 N–H and O–H groups in total. The molecule has 23 heavy (non-hydrogen) atoms. The lowest BCUT2D eigenvalue weighted by Crippen LogP contribution is -2.19. The second-order valence-electron chi connectivity index (χ2n) is 5.66. The van der Waals surface area contributed by atoms with Crippen LogP contribution in [0.1, 0.15) is 0 Å². The molecule has 0 unspecified atom stereocenters. The summed E-state index contributed by atoms with van der Waals surface area (Å²) in [6, 6.07) is 18.2. The molecule has 0 aliphatic heterocycles. The average Bonchev–Trinajstić information content (AvgIpc) is 3.06. The van der Waals surface area contributed by atoms with E-state index in [1.807, 2.05) is 79.7 Å². The van der Waals surface area contributed by atoms with Crippen LogP contribution in [-0.2, 0) is 0 Å². The van der Waals surface area contributed by atoms with Gasteiger partial charge in [0.25, 0.3) is 0 Å². The van der Waals surface area contributed by atoms with E-state index in [0.717, 1.165) is 29.1 Å². The topological polar surface area (TPSA) is 30.3 Å². The van der Waals surface area contributed by atoms with Crippen molar-refractivity contribution in [1.82, 2.24) is 14.7 Å². The van der Waals surface area contributed by atoms with Crippen molar-refractivity contribution in [2.24, 2.45) is 0 Å². The van der Waals surface area contributed by atoms with Crippen molar-refractivity contribution in [3.8, 4) is 22.6 Å². The van der Waals surface area contributed by atoms with Gasteiger partial charge in [-0.15, -0.1) is 0 Å². The van der Waals surface area contributed by atoms with Gasteiger partial charge in [0.2, 0.25) is 0 Å². The van der Waals surface area contributed by atoms with Gasteiger partial charge in [0.05, 0.1) is 11.9 Å². The number of hydrogen-bond donors (Lipinski definition) is 0. The third-order valence-electron chi connectivity index (χ3n) is 3.60. The molecule has 4 heteroatoms. The van der Waals surface area contributed by atoms with E-state index in [0.29, 0.717) is 6.61 Å². The van der Waals surface area contributed by atoms with Crippen LogP contribution in [0.4, 0.5) is 0 Å². The minimum atomic E-state index is 0.664. The number of aromatic nitrogens is 2. The Morgan fingerprint density at radius 1 is 1.00 bits per heavy atom. The molecule has 0 spiro atoms.